The maximum Gasteiger partial charge on any atom is 0.116 e. The molecule has 94 valence electrons. The lowest BCUT2D eigenvalue weighted by Crippen LogP contribution is -1.88. The fourth-order valence-corrected chi connectivity index (χ4v) is 2.74. The molecule has 0 atom stereocenters. The SMILES string of the molecule is Cc1ccc(-c2nsc(C)c2-c2ccncn2)cc1. The summed E-state index contributed by atoms with van der Waals surface area (Å²) in [7, 11) is 0. The first-order valence-electron chi connectivity index (χ1n) is 6.05. The van der Waals surface area contributed by atoms with Gasteiger partial charge < -0.3 is 0 Å². The van der Waals surface area contributed by atoms with Gasteiger partial charge in [-0.05, 0) is 31.4 Å². The van der Waals surface area contributed by atoms with Gasteiger partial charge in [-0.3, -0.25) is 0 Å². The van der Waals surface area contributed by atoms with E-state index in [1.807, 2.05) is 6.07 Å². The molecule has 0 saturated carbocycles. The summed E-state index contributed by atoms with van der Waals surface area (Å²) in [4.78, 5) is 9.49. The average molecular weight is 267 g/mol. The van der Waals surface area contributed by atoms with Crippen molar-refractivity contribution in [1.29, 1.82) is 0 Å². The Morgan fingerprint density at radius 3 is 2.47 bits per heavy atom. The molecule has 2 aromatic heterocycles. The molecule has 0 saturated heterocycles. The van der Waals surface area contributed by atoms with E-state index >= 15 is 0 Å². The smallest absolute Gasteiger partial charge is 0.116 e. The van der Waals surface area contributed by atoms with Gasteiger partial charge in [0.05, 0.1) is 11.4 Å². The first kappa shape index (κ1) is 12.0. The highest BCUT2D eigenvalue weighted by Crippen LogP contribution is 2.35. The first-order valence-corrected chi connectivity index (χ1v) is 6.83. The van der Waals surface area contributed by atoms with Gasteiger partial charge in [0.1, 0.15) is 6.33 Å². The lowest BCUT2D eigenvalue weighted by Gasteiger charge is -2.04. The van der Waals surface area contributed by atoms with Crippen molar-refractivity contribution >= 4 is 11.5 Å². The van der Waals surface area contributed by atoms with E-state index in [4.69, 9.17) is 0 Å². The predicted octanol–water partition coefficient (Wildman–Crippen LogP) is 3.88. The van der Waals surface area contributed by atoms with E-state index in [-0.39, 0.29) is 0 Å². The summed E-state index contributed by atoms with van der Waals surface area (Å²) < 4.78 is 4.57. The Hall–Kier alpha value is -2.07. The number of rotatable bonds is 2. The van der Waals surface area contributed by atoms with Crippen molar-refractivity contribution in [3.63, 3.8) is 0 Å². The Bertz CT molecular complexity index is 687. The molecule has 0 spiro atoms. The third-order valence-corrected chi connectivity index (χ3v) is 3.78. The number of hydrogen-bond donors (Lipinski definition) is 0. The van der Waals surface area contributed by atoms with Gasteiger partial charge in [0, 0.05) is 22.2 Å². The minimum atomic E-state index is 0.928. The second kappa shape index (κ2) is 4.90. The first-order chi connectivity index (χ1) is 9.25. The van der Waals surface area contributed by atoms with Crippen molar-refractivity contribution in [2.45, 2.75) is 13.8 Å². The number of aromatic nitrogens is 3. The highest BCUT2D eigenvalue weighted by atomic mass is 32.1. The quantitative estimate of drug-likeness (QED) is 0.707. The fourth-order valence-electron chi connectivity index (χ4n) is 2.02. The van der Waals surface area contributed by atoms with E-state index in [0.29, 0.717) is 0 Å². The molecule has 0 unspecified atom stereocenters. The van der Waals surface area contributed by atoms with E-state index < -0.39 is 0 Å². The standard InChI is InChI=1S/C15H13N3S/c1-10-3-5-12(6-4-10)15-14(11(2)19-18-15)13-7-8-16-9-17-13/h3-9H,1-2H3. The molecule has 3 aromatic rings. The van der Waals surface area contributed by atoms with E-state index in [2.05, 4.69) is 52.5 Å². The van der Waals surface area contributed by atoms with Gasteiger partial charge in [-0.2, -0.15) is 4.37 Å². The second-order valence-corrected chi connectivity index (χ2v) is 5.40. The van der Waals surface area contributed by atoms with Crippen molar-refractivity contribution < 1.29 is 0 Å². The van der Waals surface area contributed by atoms with Crippen LogP contribution in [0, 0.1) is 13.8 Å². The Labute approximate surface area is 116 Å². The monoisotopic (exact) mass is 267 g/mol. The Morgan fingerprint density at radius 2 is 1.79 bits per heavy atom. The van der Waals surface area contributed by atoms with Crippen LogP contribution in [-0.4, -0.2) is 14.3 Å². The molecule has 1 aromatic carbocycles. The van der Waals surface area contributed by atoms with Gasteiger partial charge in [-0.25, -0.2) is 9.97 Å². The van der Waals surface area contributed by atoms with Crippen LogP contribution in [-0.2, 0) is 0 Å². The molecule has 0 radical (unpaired) electrons. The molecule has 0 aliphatic rings. The average Bonchev–Trinajstić information content (AvgIpc) is 2.82. The third kappa shape index (κ3) is 2.27. The van der Waals surface area contributed by atoms with Crippen LogP contribution in [0.15, 0.2) is 42.9 Å². The predicted molar refractivity (Wildman–Crippen MR) is 78.1 cm³/mol. The molecule has 0 amide bonds. The fraction of sp³-hybridized carbons (Fsp3) is 0.133. The molecule has 0 N–H and O–H groups in total. The van der Waals surface area contributed by atoms with E-state index in [0.717, 1.165) is 22.5 Å². The molecular formula is C15H13N3S. The maximum absolute atomic E-state index is 4.57. The van der Waals surface area contributed by atoms with Gasteiger partial charge in [0.15, 0.2) is 0 Å². The van der Waals surface area contributed by atoms with Crippen LogP contribution < -0.4 is 0 Å². The van der Waals surface area contributed by atoms with Crippen molar-refractivity contribution in [1.82, 2.24) is 14.3 Å². The van der Waals surface area contributed by atoms with Crippen LogP contribution in [0.4, 0.5) is 0 Å². The van der Waals surface area contributed by atoms with Crippen molar-refractivity contribution in [2.75, 3.05) is 0 Å². The van der Waals surface area contributed by atoms with Gasteiger partial charge in [-0.1, -0.05) is 29.8 Å². The highest BCUT2D eigenvalue weighted by molar-refractivity contribution is 7.06. The minimum absolute atomic E-state index is 0.928. The van der Waals surface area contributed by atoms with Gasteiger partial charge >= 0.3 is 0 Å². The zero-order valence-electron chi connectivity index (χ0n) is 10.8. The molecular weight excluding hydrogens is 254 g/mol. The number of hydrogen-bond acceptors (Lipinski definition) is 4. The van der Waals surface area contributed by atoms with E-state index in [1.165, 1.54) is 22.0 Å². The molecule has 0 bridgehead atoms. The van der Waals surface area contributed by atoms with E-state index in [1.54, 1.807) is 12.5 Å². The summed E-state index contributed by atoms with van der Waals surface area (Å²) >= 11 is 1.51. The zero-order valence-corrected chi connectivity index (χ0v) is 11.6. The second-order valence-electron chi connectivity index (χ2n) is 4.42. The topological polar surface area (TPSA) is 38.7 Å². The van der Waals surface area contributed by atoms with Gasteiger partial charge in [0.2, 0.25) is 0 Å². The molecule has 19 heavy (non-hydrogen) atoms. The van der Waals surface area contributed by atoms with Crippen LogP contribution in [0.1, 0.15) is 10.4 Å². The van der Waals surface area contributed by atoms with Gasteiger partial charge in [-0.15, -0.1) is 0 Å². The molecule has 2 heterocycles. The van der Waals surface area contributed by atoms with Crippen LogP contribution >= 0.6 is 11.5 Å². The minimum Gasteiger partial charge on any atom is -0.245 e. The normalized spacial score (nSPS) is 10.6. The van der Waals surface area contributed by atoms with Crippen LogP contribution in [0.25, 0.3) is 22.5 Å². The molecule has 0 aliphatic heterocycles. The summed E-state index contributed by atoms with van der Waals surface area (Å²) in [6.45, 7) is 4.16. The van der Waals surface area contributed by atoms with Crippen LogP contribution in [0.5, 0.6) is 0 Å². The Kier molecular flexibility index (Phi) is 3.09. The lowest BCUT2D eigenvalue weighted by atomic mass is 10.0. The van der Waals surface area contributed by atoms with Crippen molar-refractivity contribution in [2.24, 2.45) is 0 Å². The number of benzene rings is 1. The molecule has 3 rings (SSSR count). The number of nitrogens with zero attached hydrogens (tertiary/aromatic N) is 3. The highest BCUT2D eigenvalue weighted by Gasteiger charge is 2.15. The maximum atomic E-state index is 4.57. The largest absolute Gasteiger partial charge is 0.245 e. The summed E-state index contributed by atoms with van der Waals surface area (Å²) in [5.41, 5.74) is 5.41. The third-order valence-electron chi connectivity index (χ3n) is 3.03. The summed E-state index contributed by atoms with van der Waals surface area (Å²) in [6.07, 6.45) is 3.34. The van der Waals surface area contributed by atoms with Gasteiger partial charge in [0.25, 0.3) is 0 Å². The van der Waals surface area contributed by atoms with E-state index in [9.17, 15) is 0 Å². The lowest BCUT2D eigenvalue weighted by molar-refractivity contribution is 1.17. The van der Waals surface area contributed by atoms with Crippen LogP contribution in [0.2, 0.25) is 0 Å². The summed E-state index contributed by atoms with van der Waals surface area (Å²) in [5, 5.41) is 0. The summed E-state index contributed by atoms with van der Waals surface area (Å²) in [6, 6.07) is 10.3. The Balaban J connectivity index is 2.16. The van der Waals surface area contributed by atoms with Crippen molar-refractivity contribution in [3.05, 3.63) is 53.3 Å². The Morgan fingerprint density at radius 1 is 1.00 bits per heavy atom. The molecule has 0 aliphatic carbocycles. The number of aryl methyl sites for hydroxylation is 2. The molecule has 4 heteroatoms. The molecule has 0 fully saturated rings. The van der Waals surface area contributed by atoms with Crippen molar-refractivity contribution in [3.8, 4) is 22.5 Å². The molecule has 3 nitrogen and oxygen atoms in total. The zero-order chi connectivity index (χ0) is 13.2. The van der Waals surface area contributed by atoms with Crippen LogP contribution in [0.3, 0.4) is 0 Å². The summed E-state index contributed by atoms with van der Waals surface area (Å²) in [5.74, 6) is 0.